The fourth-order valence-electron chi connectivity index (χ4n) is 1.38. The van der Waals surface area contributed by atoms with E-state index in [9.17, 15) is 4.79 Å². The molecule has 0 heterocycles. The smallest absolute Gasteiger partial charge is 0.211 e. The molecule has 1 aromatic carbocycles. The molecule has 2 nitrogen and oxygen atoms in total. The molecule has 1 rings (SSSR count). The monoisotopic (exact) mass is 243 g/mol. The standard InChI is InChI=1S/C11H11Cl2NO/c1-7(2)11(14-6-15)9-4-3-8(12)5-10(9)13/h3-5,7,11H,1-2H3. The van der Waals surface area contributed by atoms with Crippen molar-refractivity contribution in [2.45, 2.75) is 19.9 Å². The Labute approximate surface area is 98.9 Å². The van der Waals surface area contributed by atoms with E-state index in [0.29, 0.717) is 10.0 Å². The van der Waals surface area contributed by atoms with Crippen LogP contribution in [0.2, 0.25) is 10.0 Å². The summed E-state index contributed by atoms with van der Waals surface area (Å²) in [7, 11) is 0. The molecule has 15 heavy (non-hydrogen) atoms. The Hall–Kier alpha value is -0.820. The van der Waals surface area contributed by atoms with Gasteiger partial charge < -0.3 is 0 Å². The lowest BCUT2D eigenvalue weighted by Gasteiger charge is -2.16. The van der Waals surface area contributed by atoms with Gasteiger partial charge in [-0.2, -0.15) is 4.99 Å². The van der Waals surface area contributed by atoms with Crippen LogP contribution >= 0.6 is 23.2 Å². The van der Waals surface area contributed by atoms with Gasteiger partial charge in [0.2, 0.25) is 6.08 Å². The molecule has 0 fully saturated rings. The van der Waals surface area contributed by atoms with Crippen LogP contribution in [-0.4, -0.2) is 6.08 Å². The lowest BCUT2D eigenvalue weighted by Crippen LogP contribution is -2.04. The second kappa shape index (κ2) is 5.32. The van der Waals surface area contributed by atoms with Gasteiger partial charge in [-0.05, 0) is 23.6 Å². The normalized spacial score (nSPS) is 12.3. The molecule has 0 aliphatic heterocycles. The molecule has 0 spiro atoms. The lowest BCUT2D eigenvalue weighted by atomic mass is 9.97. The number of benzene rings is 1. The van der Waals surface area contributed by atoms with Gasteiger partial charge in [-0.1, -0.05) is 43.1 Å². The second-order valence-corrected chi connectivity index (χ2v) is 4.42. The molecule has 0 aliphatic rings. The number of hydrogen-bond acceptors (Lipinski definition) is 2. The number of isocyanates is 1. The van der Waals surface area contributed by atoms with Crippen molar-refractivity contribution in [3.05, 3.63) is 33.8 Å². The Balaban J connectivity index is 3.17. The molecule has 0 saturated heterocycles. The van der Waals surface area contributed by atoms with Crippen LogP contribution in [0.15, 0.2) is 23.2 Å². The Morgan fingerprint density at radius 2 is 2.00 bits per heavy atom. The third-order valence-corrected chi connectivity index (χ3v) is 2.67. The predicted octanol–water partition coefficient (Wildman–Crippen LogP) is 4.03. The van der Waals surface area contributed by atoms with Gasteiger partial charge in [-0.25, -0.2) is 4.79 Å². The highest BCUT2D eigenvalue weighted by Gasteiger charge is 2.17. The van der Waals surface area contributed by atoms with E-state index >= 15 is 0 Å². The number of aliphatic imine (C=N–C) groups is 1. The minimum absolute atomic E-state index is 0.185. The van der Waals surface area contributed by atoms with Crippen LogP contribution in [-0.2, 0) is 4.79 Å². The second-order valence-electron chi connectivity index (χ2n) is 3.58. The molecule has 1 atom stereocenters. The van der Waals surface area contributed by atoms with Crippen molar-refractivity contribution in [3.63, 3.8) is 0 Å². The molecule has 0 saturated carbocycles. The highest BCUT2D eigenvalue weighted by atomic mass is 35.5. The molecule has 0 aliphatic carbocycles. The fourth-order valence-corrected chi connectivity index (χ4v) is 1.90. The van der Waals surface area contributed by atoms with Gasteiger partial charge >= 0.3 is 0 Å². The number of hydrogen-bond donors (Lipinski definition) is 0. The summed E-state index contributed by atoms with van der Waals surface area (Å²) in [6.07, 6.45) is 1.57. The van der Waals surface area contributed by atoms with E-state index in [1.54, 1.807) is 24.3 Å². The summed E-state index contributed by atoms with van der Waals surface area (Å²) in [4.78, 5) is 14.1. The summed E-state index contributed by atoms with van der Waals surface area (Å²) in [5.74, 6) is 0.185. The minimum Gasteiger partial charge on any atom is -0.211 e. The van der Waals surface area contributed by atoms with Gasteiger partial charge in [0.25, 0.3) is 0 Å². The molecule has 0 N–H and O–H groups in total. The Morgan fingerprint density at radius 1 is 1.33 bits per heavy atom. The predicted molar refractivity (Wildman–Crippen MR) is 62.2 cm³/mol. The summed E-state index contributed by atoms with van der Waals surface area (Å²) in [5.41, 5.74) is 0.805. The number of carbonyl (C=O) groups excluding carboxylic acids is 1. The molecule has 1 aromatic rings. The van der Waals surface area contributed by atoms with Crippen molar-refractivity contribution in [1.29, 1.82) is 0 Å². The molecule has 80 valence electrons. The zero-order valence-electron chi connectivity index (χ0n) is 8.50. The molecule has 0 amide bonds. The van der Waals surface area contributed by atoms with Crippen molar-refractivity contribution in [2.75, 3.05) is 0 Å². The molecule has 0 bridgehead atoms. The maximum atomic E-state index is 10.3. The van der Waals surface area contributed by atoms with Gasteiger partial charge in [-0.15, -0.1) is 0 Å². The molecular formula is C11H11Cl2NO. The van der Waals surface area contributed by atoms with Crippen LogP contribution in [0.1, 0.15) is 25.5 Å². The van der Waals surface area contributed by atoms with Crippen LogP contribution < -0.4 is 0 Å². The maximum Gasteiger partial charge on any atom is 0.235 e. The van der Waals surface area contributed by atoms with Crippen molar-refractivity contribution in [1.82, 2.24) is 0 Å². The zero-order chi connectivity index (χ0) is 11.4. The summed E-state index contributed by atoms with van der Waals surface area (Å²) < 4.78 is 0. The van der Waals surface area contributed by atoms with E-state index in [0.717, 1.165) is 5.56 Å². The van der Waals surface area contributed by atoms with Gasteiger partial charge in [-0.3, -0.25) is 0 Å². The zero-order valence-corrected chi connectivity index (χ0v) is 10.0. The molecule has 4 heteroatoms. The van der Waals surface area contributed by atoms with E-state index in [1.165, 1.54) is 0 Å². The molecule has 0 radical (unpaired) electrons. The van der Waals surface area contributed by atoms with Gasteiger partial charge in [0.1, 0.15) is 0 Å². The average Bonchev–Trinajstić information content (AvgIpc) is 2.15. The van der Waals surface area contributed by atoms with Crippen LogP contribution in [0.25, 0.3) is 0 Å². The number of nitrogens with zero attached hydrogens (tertiary/aromatic N) is 1. The van der Waals surface area contributed by atoms with Gasteiger partial charge in [0.15, 0.2) is 0 Å². The first-order valence-electron chi connectivity index (χ1n) is 4.58. The quantitative estimate of drug-likeness (QED) is 0.583. The average molecular weight is 244 g/mol. The van der Waals surface area contributed by atoms with Crippen LogP contribution in [0, 0.1) is 5.92 Å². The maximum absolute atomic E-state index is 10.3. The third kappa shape index (κ3) is 3.07. The number of rotatable bonds is 3. The number of halogens is 2. The summed E-state index contributed by atoms with van der Waals surface area (Å²) in [6.45, 7) is 3.94. The summed E-state index contributed by atoms with van der Waals surface area (Å²) >= 11 is 11.8. The molecule has 1 unspecified atom stereocenters. The van der Waals surface area contributed by atoms with Crippen molar-refractivity contribution < 1.29 is 4.79 Å². The fraction of sp³-hybridized carbons (Fsp3) is 0.364. The van der Waals surface area contributed by atoms with Crippen molar-refractivity contribution in [3.8, 4) is 0 Å². The van der Waals surface area contributed by atoms with E-state index in [1.807, 2.05) is 13.8 Å². The van der Waals surface area contributed by atoms with Crippen molar-refractivity contribution in [2.24, 2.45) is 10.9 Å². The first-order valence-corrected chi connectivity index (χ1v) is 5.33. The Bertz CT molecular complexity index is 398. The third-order valence-electron chi connectivity index (χ3n) is 2.10. The topological polar surface area (TPSA) is 29.4 Å². The lowest BCUT2D eigenvalue weighted by molar-refractivity contribution is 0.502. The van der Waals surface area contributed by atoms with E-state index in [4.69, 9.17) is 23.2 Å². The highest BCUT2D eigenvalue weighted by Crippen LogP contribution is 2.32. The Morgan fingerprint density at radius 3 is 2.47 bits per heavy atom. The van der Waals surface area contributed by atoms with Gasteiger partial charge in [0, 0.05) is 10.0 Å². The molecular weight excluding hydrogens is 233 g/mol. The highest BCUT2D eigenvalue weighted by molar-refractivity contribution is 6.35. The SMILES string of the molecule is CC(C)C(N=C=O)c1ccc(Cl)cc1Cl. The van der Waals surface area contributed by atoms with E-state index < -0.39 is 0 Å². The van der Waals surface area contributed by atoms with E-state index in [-0.39, 0.29) is 12.0 Å². The summed E-state index contributed by atoms with van der Waals surface area (Å²) in [5, 5.41) is 1.10. The van der Waals surface area contributed by atoms with Crippen molar-refractivity contribution >= 4 is 29.3 Å². The van der Waals surface area contributed by atoms with Crippen LogP contribution in [0.5, 0.6) is 0 Å². The Kier molecular flexibility index (Phi) is 4.34. The van der Waals surface area contributed by atoms with Crippen LogP contribution in [0.4, 0.5) is 0 Å². The molecule has 0 aromatic heterocycles. The van der Waals surface area contributed by atoms with Crippen LogP contribution in [0.3, 0.4) is 0 Å². The summed E-state index contributed by atoms with van der Waals surface area (Å²) in [6, 6.07) is 4.91. The van der Waals surface area contributed by atoms with E-state index in [2.05, 4.69) is 4.99 Å². The minimum atomic E-state index is -0.257. The largest absolute Gasteiger partial charge is 0.235 e. The first-order chi connectivity index (χ1) is 7.06. The first kappa shape index (κ1) is 12.3. The van der Waals surface area contributed by atoms with Gasteiger partial charge in [0.05, 0.1) is 6.04 Å².